The molecule has 1 saturated heterocycles. The average molecular weight is 432 g/mol. The van der Waals surface area contributed by atoms with Gasteiger partial charge in [0.05, 0.1) is 19.1 Å². The normalized spacial score (nSPS) is 26.7. The smallest absolute Gasteiger partial charge is 0.308 e. The Morgan fingerprint density at radius 2 is 1.23 bits per heavy atom. The fourth-order valence-corrected chi connectivity index (χ4v) is 3.15. The minimum atomic E-state index is -1.25. The Hall–Kier alpha value is -2.69. The zero-order chi connectivity index (χ0) is 23.0. The van der Waals surface area contributed by atoms with Gasteiger partial charge in [-0.1, -0.05) is 6.92 Å². The van der Waals surface area contributed by atoms with Crippen LogP contribution in [0.3, 0.4) is 0 Å². The van der Waals surface area contributed by atoms with E-state index < -0.39 is 66.3 Å². The fourth-order valence-electron chi connectivity index (χ4n) is 3.15. The third-order valence-corrected chi connectivity index (χ3v) is 4.28. The van der Waals surface area contributed by atoms with E-state index in [9.17, 15) is 24.0 Å². The van der Waals surface area contributed by atoms with Crippen LogP contribution >= 0.6 is 0 Å². The monoisotopic (exact) mass is 432 g/mol. The summed E-state index contributed by atoms with van der Waals surface area (Å²) in [5.74, 6) is -3.92. The van der Waals surface area contributed by atoms with Crippen molar-refractivity contribution in [3.63, 3.8) is 0 Å². The van der Waals surface area contributed by atoms with Gasteiger partial charge in [-0.25, -0.2) is 0 Å². The van der Waals surface area contributed by atoms with Crippen LogP contribution in [0.25, 0.3) is 0 Å². The Balaban J connectivity index is 3.33. The highest BCUT2D eigenvalue weighted by Gasteiger charge is 2.52. The molecule has 0 amide bonds. The van der Waals surface area contributed by atoms with Crippen molar-refractivity contribution in [3.05, 3.63) is 0 Å². The molecule has 1 rings (SSSR count). The van der Waals surface area contributed by atoms with Crippen LogP contribution in [-0.2, 0) is 52.4 Å². The van der Waals surface area contributed by atoms with E-state index in [2.05, 4.69) is 0 Å². The molecule has 0 radical (unpaired) electrons. The first-order valence-corrected chi connectivity index (χ1v) is 9.34. The third-order valence-electron chi connectivity index (χ3n) is 4.28. The van der Waals surface area contributed by atoms with Gasteiger partial charge < -0.3 is 28.4 Å². The Labute approximate surface area is 174 Å². The first-order valence-electron chi connectivity index (χ1n) is 9.34. The molecule has 0 aromatic rings. The Morgan fingerprint density at radius 3 is 1.67 bits per heavy atom. The largest absolute Gasteiger partial charge is 0.469 e. The molecule has 1 fully saturated rings. The van der Waals surface area contributed by atoms with Crippen molar-refractivity contribution in [2.24, 2.45) is 5.92 Å². The zero-order valence-corrected chi connectivity index (χ0v) is 17.9. The molecule has 170 valence electrons. The second-order valence-electron chi connectivity index (χ2n) is 6.90. The van der Waals surface area contributed by atoms with Crippen LogP contribution in [0.5, 0.6) is 0 Å². The molecule has 1 unspecified atom stereocenters. The summed E-state index contributed by atoms with van der Waals surface area (Å²) >= 11 is 0. The molecule has 0 saturated carbocycles. The number of hydrogen-bond acceptors (Lipinski definition) is 11. The lowest BCUT2D eigenvalue weighted by Crippen LogP contribution is -2.62. The lowest BCUT2D eigenvalue weighted by atomic mass is 9.89. The second kappa shape index (κ2) is 11.5. The van der Waals surface area contributed by atoms with Crippen LogP contribution in [0.2, 0.25) is 0 Å². The van der Waals surface area contributed by atoms with Gasteiger partial charge in [-0.05, 0) is 6.42 Å². The van der Waals surface area contributed by atoms with Crippen molar-refractivity contribution in [1.29, 1.82) is 0 Å². The number of ether oxygens (including phenoxy) is 6. The van der Waals surface area contributed by atoms with Crippen molar-refractivity contribution in [1.82, 2.24) is 0 Å². The van der Waals surface area contributed by atoms with E-state index in [4.69, 9.17) is 28.4 Å². The first kappa shape index (κ1) is 25.3. The first-order chi connectivity index (χ1) is 14.0. The standard InChI is InChI=1S/C19H28O11/c1-9(19(24)25-6)7-14-16(27-11(3)21)18(29-13(5)23)17(28-12(4)22)15(30-14)8-26-10(2)20/h9,14-18H,7-8H2,1-6H3/t9?,14-,15-,16+,17-,18-/m1/s1. The Kier molecular flexibility index (Phi) is 9.70. The number of carbonyl (C=O) groups excluding carboxylic acids is 5. The fraction of sp³-hybridized carbons (Fsp3) is 0.737. The maximum atomic E-state index is 11.9. The summed E-state index contributed by atoms with van der Waals surface area (Å²) < 4.78 is 31.5. The number of carbonyl (C=O) groups is 5. The van der Waals surface area contributed by atoms with Crippen molar-refractivity contribution >= 4 is 29.8 Å². The van der Waals surface area contributed by atoms with Crippen molar-refractivity contribution in [2.75, 3.05) is 13.7 Å². The summed E-state index contributed by atoms with van der Waals surface area (Å²) in [7, 11) is 1.23. The predicted molar refractivity (Wildman–Crippen MR) is 97.8 cm³/mol. The minimum Gasteiger partial charge on any atom is -0.469 e. The minimum absolute atomic E-state index is 0.0335. The van der Waals surface area contributed by atoms with Crippen LogP contribution in [0.1, 0.15) is 41.0 Å². The molecule has 0 aliphatic carbocycles. The summed E-state index contributed by atoms with van der Waals surface area (Å²) in [5.41, 5.74) is 0. The molecule has 0 N–H and O–H groups in total. The van der Waals surface area contributed by atoms with Gasteiger partial charge in [-0.3, -0.25) is 24.0 Å². The zero-order valence-electron chi connectivity index (χ0n) is 17.9. The number of hydrogen-bond donors (Lipinski definition) is 0. The van der Waals surface area contributed by atoms with E-state index in [1.807, 2.05) is 0 Å². The highest BCUT2D eigenvalue weighted by Crippen LogP contribution is 2.32. The van der Waals surface area contributed by atoms with Gasteiger partial charge in [-0.2, -0.15) is 0 Å². The third kappa shape index (κ3) is 7.62. The van der Waals surface area contributed by atoms with Gasteiger partial charge in [0.2, 0.25) is 0 Å². The van der Waals surface area contributed by atoms with Gasteiger partial charge in [0.15, 0.2) is 18.3 Å². The number of esters is 5. The maximum absolute atomic E-state index is 11.9. The van der Waals surface area contributed by atoms with E-state index in [0.717, 1.165) is 20.8 Å². The van der Waals surface area contributed by atoms with E-state index in [1.54, 1.807) is 6.92 Å². The van der Waals surface area contributed by atoms with Crippen LogP contribution < -0.4 is 0 Å². The van der Waals surface area contributed by atoms with Gasteiger partial charge in [-0.15, -0.1) is 0 Å². The van der Waals surface area contributed by atoms with Crippen molar-refractivity contribution in [3.8, 4) is 0 Å². The lowest BCUT2D eigenvalue weighted by molar-refractivity contribution is -0.254. The van der Waals surface area contributed by atoms with Gasteiger partial charge in [0.25, 0.3) is 0 Å². The van der Waals surface area contributed by atoms with Crippen LogP contribution in [0.15, 0.2) is 0 Å². The summed E-state index contributed by atoms with van der Waals surface area (Å²) in [5, 5.41) is 0. The van der Waals surface area contributed by atoms with Crippen LogP contribution in [0.4, 0.5) is 0 Å². The topological polar surface area (TPSA) is 141 Å². The molecule has 11 heteroatoms. The maximum Gasteiger partial charge on any atom is 0.308 e. The molecular weight excluding hydrogens is 404 g/mol. The van der Waals surface area contributed by atoms with E-state index in [1.165, 1.54) is 14.0 Å². The van der Waals surface area contributed by atoms with Crippen molar-refractivity contribution < 1.29 is 52.4 Å². The molecular formula is C19H28O11. The van der Waals surface area contributed by atoms with Gasteiger partial charge in [0, 0.05) is 27.7 Å². The van der Waals surface area contributed by atoms with Gasteiger partial charge in [0.1, 0.15) is 12.7 Å². The Morgan fingerprint density at radius 1 is 0.767 bits per heavy atom. The molecule has 11 nitrogen and oxygen atoms in total. The molecule has 1 aliphatic heterocycles. The highest BCUT2D eigenvalue weighted by molar-refractivity contribution is 5.72. The average Bonchev–Trinajstić information content (AvgIpc) is 2.62. The molecule has 1 heterocycles. The second-order valence-corrected chi connectivity index (χ2v) is 6.90. The Bertz CT molecular complexity index is 659. The summed E-state index contributed by atoms with van der Waals surface area (Å²) in [6, 6.07) is 0. The van der Waals surface area contributed by atoms with Crippen LogP contribution in [0, 0.1) is 5.92 Å². The summed E-state index contributed by atoms with van der Waals surface area (Å²) in [6.07, 6.45) is -5.61. The predicted octanol–water partition coefficient (Wildman–Crippen LogP) is 0.311. The molecule has 0 aromatic carbocycles. The molecule has 0 spiro atoms. The highest BCUT2D eigenvalue weighted by atomic mass is 16.7. The summed E-state index contributed by atoms with van der Waals surface area (Å²) in [4.78, 5) is 58.2. The summed E-state index contributed by atoms with van der Waals surface area (Å²) in [6.45, 7) is 5.88. The van der Waals surface area contributed by atoms with E-state index in [0.29, 0.717) is 0 Å². The number of methoxy groups -OCH3 is 1. The van der Waals surface area contributed by atoms with Gasteiger partial charge >= 0.3 is 29.8 Å². The lowest BCUT2D eigenvalue weighted by Gasteiger charge is -2.45. The van der Waals surface area contributed by atoms with E-state index >= 15 is 0 Å². The molecule has 0 bridgehead atoms. The SMILES string of the molecule is COC(=O)C(C)C[C@H]1O[C@H](COC(C)=O)[C@@H](OC(C)=O)[C@H](OC(C)=O)[C@H]1OC(C)=O. The molecule has 30 heavy (non-hydrogen) atoms. The van der Waals surface area contributed by atoms with E-state index in [-0.39, 0.29) is 13.0 Å². The quantitative estimate of drug-likeness (QED) is 0.386. The molecule has 1 aliphatic rings. The van der Waals surface area contributed by atoms with Crippen molar-refractivity contribution in [2.45, 2.75) is 71.6 Å². The van der Waals surface area contributed by atoms with Crippen LogP contribution in [-0.4, -0.2) is 74.1 Å². The molecule has 6 atom stereocenters. The molecule has 0 aromatic heterocycles. The number of rotatable bonds is 8.